The predicted molar refractivity (Wildman–Crippen MR) is 50.3 cm³/mol. The standard InChI is InChI=1S/C8H19NOS/c1-6(2)8(5)11(9,10)7(3)4/h6-9H,1-5H3/t8-,11+/m1/s1. The van der Waals surface area contributed by atoms with Crippen molar-refractivity contribution in [3.63, 3.8) is 0 Å². The second-order valence-electron chi connectivity index (χ2n) is 3.65. The molecule has 0 spiro atoms. The van der Waals surface area contributed by atoms with E-state index in [9.17, 15) is 4.21 Å². The quantitative estimate of drug-likeness (QED) is 0.707. The van der Waals surface area contributed by atoms with Gasteiger partial charge in [-0.05, 0) is 12.8 Å². The second kappa shape index (κ2) is 3.57. The number of nitrogens with one attached hydrogen (secondary N) is 1. The van der Waals surface area contributed by atoms with E-state index >= 15 is 0 Å². The highest BCUT2D eigenvalue weighted by Gasteiger charge is 2.22. The van der Waals surface area contributed by atoms with E-state index in [0.717, 1.165) is 0 Å². The Morgan fingerprint density at radius 2 is 1.45 bits per heavy atom. The summed E-state index contributed by atoms with van der Waals surface area (Å²) in [6, 6.07) is 0. The number of hydrogen-bond acceptors (Lipinski definition) is 2. The molecule has 2 atom stereocenters. The summed E-state index contributed by atoms with van der Waals surface area (Å²) in [5.41, 5.74) is 0. The van der Waals surface area contributed by atoms with Crippen LogP contribution in [0.25, 0.3) is 0 Å². The van der Waals surface area contributed by atoms with Crippen LogP contribution in [-0.4, -0.2) is 14.7 Å². The van der Waals surface area contributed by atoms with Gasteiger partial charge in [-0.15, -0.1) is 0 Å². The molecule has 0 aromatic rings. The lowest BCUT2D eigenvalue weighted by Gasteiger charge is -2.21. The van der Waals surface area contributed by atoms with E-state index in [1.54, 1.807) is 0 Å². The molecule has 0 aromatic heterocycles. The minimum atomic E-state index is -2.38. The molecular formula is C8H19NOS. The largest absolute Gasteiger partial charge is 0.252 e. The topological polar surface area (TPSA) is 40.9 Å². The molecule has 11 heavy (non-hydrogen) atoms. The third kappa shape index (κ3) is 2.47. The van der Waals surface area contributed by atoms with Gasteiger partial charge in [-0.25, -0.2) is 4.21 Å². The average Bonchev–Trinajstić information content (AvgIpc) is 1.85. The van der Waals surface area contributed by atoms with Gasteiger partial charge >= 0.3 is 0 Å². The maximum atomic E-state index is 11.7. The summed E-state index contributed by atoms with van der Waals surface area (Å²) >= 11 is 0. The summed E-state index contributed by atoms with van der Waals surface area (Å²) in [5, 5.41) is -0.0256. The molecule has 1 N–H and O–H groups in total. The highest BCUT2D eigenvalue weighted by molar-refractivity contribution is 7.93. The van der Waals surface area contributed by atoms with Crippen molar-refractivity contribution in [1.82, 2.24) is 0 Å². The summed E-state index contributed by atoms with van der Waals surface area (Å²) in [6.07, 6.45) is 0. The maximum absolute atomic E-state index is 11.7. The molecule has 0 fully saturated rings. The Labute approximate surface area is 70.4 Å². The lowest BCUT2D eigenvalue weighted by atomic mass is 10.2. The SMILES string of the molecule is CC(C)[C@@H](C)[S@@](=N)(=O)C(C)C. The molecule has 3 heteroatoms. The van der Waals surface area contributed by atoms with Crippen LogP contribution in [0.15, 0.2) is 0 Å². The van der Waals surface area contributed by atoms with E-state index in [4.69, 9.17) is 4.78 Å². The van der Waals surface area contributed by atoms with Gasteiger partial charge in [0.25, 0.3) is 0 Å². The van der Waals surface area contributed by atoms with Crippen molar-refractivity contribution in [3.05, 3.63) is 0 Å². The highest BCUT2D eigenvalue weighted by atomic mass is 32.2. The van der Waals surface area contributed by atoms with E-state index in [0.29, 0.717) is 5.92 Å². The van der Waals surface area contributed by atoms with E-state index in [1.807, 2.05) is 34.6 Å². The predicted octanol–water partition coefficient (Wildman–Crippen LogP) is 2.49. The molecule has 0 heterocycles. The van der Waals surface area contributed by atoms with Crippen LogP contribution in [0.3, 0.4) is 0 Å². The molecule has 68 valence electrons. The van der Waals surface area contributed by atoms with Crippen molar-refractivity contribution in [1.29, 1.82) is 4.78 Å². The molecule has 0 aliphatic heterocycles. The Kier molecular flexibility index (Phi) is 3.55. The van der Waals surface area contributed by atoms with Crippen LogP contribution in [0, 0.1) is 10.7 Å². The zero-order valence-electron chi connectivity index (χ0n) is 8.05. The van der Waals surface area contributed by atoms with Crippen LogP contribution in [0.4, 0.5) is 0 Å². The fraction of sp³-hybridized carbons (Fsp3) is 1.00. The molecule has 2 nitrogen and oxygen atoms in total. The molecule has 0 saturated heterocycles. The van der Waals surface area contributed by atoms with E-state index in [2.05, 4.69) is 0 Å². The zero-order valence-corrected chi connectivity index (χ0v) is 8.87. The van der Waals surface area contributed by atoms with Crippen LogP contribution in [0.1, 0.15) is 34.6 Å². The molecule has 0 rings (SSSR count). The fourth-order valence-electron chi connectivity index (χ4n) is 0.834. The summed E-state index contributed by atoms with van der Waals surface area (Å²) in [4.78, 5) is 0. The van der Waals surface area contributed by atoms with E-state index < -0.39 is 9.73 Å². The Bertz CT molecular complexity index is 204. The summed E-state index contributed by atoms with van der Waals surface area (Å²) in [6.45, 7) is 9.64. The number of rotatable bonds is 3. The monoisotopic (exact) mass is 177 g/mol. The van der Waals surface area contributed by atoms with E-state index in [1.165, 1.54) is 0 Å². The van der Waals surface area contributed by atoms with Gasteiger partial charge in [-0.3, -0.25) is 4.78 Å². The molecule has 0 bridgehead atoms. The first-order valence-corrected chi connectivity index (χ1v) is 5.75. The molecule has 0 radical (unpaired) electrons. The van der Waals surface area contributed by atoms with Crippen LogP contribution in [-0.2, 0) is 9.73 Å². The average molecular weight is 177 g/mol. The van der Waals surface area contributed by atoms with Crippen molar-refractivity contribution in [2.45, 2.75) is 45.1 Å². The zero-order chi connectivity index (χ0) is 9.23. The van der Waals surface area contributed by atoms with Gasteiger partial charge in [-0.1, -0.05) is 27.7 Å². The van der Waals surface area contributed by atoms with Crippen molar-refractivity contribution >= 4 is 9.73 Å². The Balaban J connectivity index is 4.58. The third-order valence-corrected chi connectivity index (χ3v) is 5.24. The van der Waals surface area contributed by atoms with E-state index in [-0.39, 0.29) is 10.5 Å². The molecule has 0 saturated carbocycles. The van der Waals surface area contributed by atoms with Crippen molar-refractivity contribution in [2.75, 3.05) is 0 Å². The van der Waals surface area contributed by atoms with Crippen molar-refractivity contribution in [3.8, 4) is 0 Å². The first kappa shape index (κ1) is 11.0. The van der Waals surface area contributed by atoms with Gasteiger partial charge < -0.3 is 0 Å². The first-order valence-electron chi connectivity index (χ1n) is 4.06. The van der Waals surface area contributed by atoms with Gasteiger partial charge in [0.1, 0.15) is 0 Å². The molecular weight excluding hydrogens is 158 g/mol. The first-order chi connectivity index (χ1) is 4.80. The Hall–Kier alpha value is -0.0500. The van der Waals surface area contributed by atoms with Crippen LogP contribution in [0.2, 0.25) is 0 Å². The highest BCUT2D eigenvalue weighted by Crippen LogP contribution is 2.16. The smallest absolute Gasteiger partial charge is 0.0494 e. The third-order valence-electron chi connectivity index (χ3n) is 2.19. The van der Waals surface area contributed by atoms with Gasteiger partial charge in [0.15, 0.2) is 0 Å². The fourth-order valence-corrected chi connectivity index (χ4v) is 2.50. The van der Waals surface area contributed by atoms with Gasteiger partial charge in [0.05, 0.1) is 0 Å². The van der Waals surface area contributed by atoms with Gasteiger partial charge in [0, 0.05) is 20.2 Å². The van der Waals surface area contributed by atoms with Crippen molar-refractivity contribution < 1.29 is 4.21 Å². The number of hydrogen-bond donors (Lipinski definition) is 1. The maximum Gasteiger partial charge on any atom is 0.0494 e. The van der Waals surface area contributed by atoms with Crippen LogP contribution in [0.5, 0.6) is 0 Å². The second-order valence-corrected chi connectivity index (χ2v) is 6.63. The van der Waals surface area contributed by atoms with Gasteiger partial charge in [-0.2, -0.15) is 0 Å². The van der Waals surface area contributed by atoms with Crippen LogP contribution >= 0.6 is 0 Å². The summed E-state index contributed by atoms with van der Waals surface area (Å²) in [5.74, 6) is 0.336. The Morgan fingerprint density at radius 3 is 1.55 bits per heavy atom. The normalized spacial score (nSPS) is 20.3. The molecule has 0 aliphatic carbocycles. The van der Waals surface area contributed by atoms with Crippen LogP contribution < -0.4 is 0 Å². The Morgan fingerprint density at radius 1 is 1.09 bits per heavy atom. The minimum Gasteiger partial charge on any atom is -0.252 e. The lowest BCUT2D eigenvalue weighted by Crippen LogP contribution is -2.28. The van der Waals surface area contributed by atoms with Gasteiger partial charge in [0.2, 0.25) is 0 Å². The molecule has 0 unspecified atom stereocenters. The summed E-state index contributed by atoms with van der Waals surface area (Å²) < 4.78 is 19.3. The molecule has 0 aromatic carbocycles. The molecule has 0 aliphatic rings. The summed E-state index contributed by atoms with van der Waals surface area (Å²) in [7, 11) is -2.38. The minimum absolute atomic E-state index is 0.00231. The van der Waals surface area contributed by atoms with Crippen molar-refractivity contribution in [2.24, 2.45) is 5.92 Å². The lowest BCUT2D eigenvalue weighted by molar-refractivity contribution is 0.592. The molecule has 0 amide bonds.